The number of nitrogens with one attached hydrogen (secondary N) is 1. The fourth-order valence-electron chi connectivity index (χ4n) is 2.59. The Labute approximate surface area is 111 Å². The van der Waals surface area contributed by atoms with Crippen molar-refractivity contribution in [2.75, 3.05) is 0 Å². The van der Waals surface area contributed by atoms with Gasteiger partial charge in [-0.25, -0.2) is 4.98 Å². The van der Waals surface area contributed by atoms with Crippen LogP contribution < -0.4 is 5.32 Å². The second kappa shape index (κ2) is 5.01. The van der Waals surface area contributed by atoms with Crippen LogP contribution in [0.1, 0.15) is 36.0 Å². The molecule has 0 aromatic carbocycles. The Balaban J connectivity index is 1.75. The number of rotatable bonds is 2. The Morgan fingerprint density at radius 1 is 1.42 bits per heavy atom. The van der Waals surface area contributed by atoms with Gasteiger partial charge in [-0.1, -0.05) is 12.8 Å². The Bertz CT molecular complexity index is 593. The number of hydrogen-bond acceptors (Lipinski definition) is 3. The van der Waals surface area contributed by atoms with Crippen LogP contribution >= 0.6 is 0 Å². The van der Waals surface area contributed by atoms with Gasteiger partial charge in [-0.05, 0) is 25.0 Å². The predicted molar refractivity (Wildman–Crippen MR) is 70.9 cm³/mol. The molecule has 3 rings (SSSR count). The lowest BCUT2D eigenvalue weighted by Gasteiger charge is -2.28. The summed E-state index contributed by atoms with van der Waals surface area (Å²) in [5.41, 5.74) is 1.49. The average molecular weight is 259 g/mol. The summed E-state index contributed by atoms with van der Waals surface area (Å²) in [6.07, 6.45) is 8.52. The minimum atomic E-state index is -0.420. The van der Waals surface area contributed by atoms with Gasteiger partial charge < -0.3 is 14.8 Å². The van der Waals surface area contributed by atoms with Crippen molar-refractivity contribution in [3.63, 3.8) is 0 Å². The lowest BCUT2D eigenvalue weighted by molar-refractivity contribution is 0.0717. The van der Waals surface area contributed by atoms with E-state index in [1.807, 2.05) is 10.6 Å². The molecule has 19 heavy (non-hydrogen) atoms. The largest absolute Gasteiger partial charge is 0.391 e. The minimum absolute atomic E-state index is 0.123. The zero-order valence-corrected chi connectivity index (χ0v) is 10.6. The summed E-state index contributed by atoms with van der Waals surface area (Å²) in [6, 6.07) is 3.44. The molecule has 2 unspecified atom stereocenters. The number of pyridine rings is 1. The zero-order chi connectivity index (χ0) is 13.2. The van der Waals surface area contributed by atoms with Crippen LogP contribution in [0.3, 0.4) is 0 Å². The molecule has 1 saturated carbocycles. The van der Waals surface area contributed by atoms with Crippen molar-refractivity contribution in [1.29, 1.82) is 0 Å². The van der Waals surface area contributed by atoms with Crippen LogP contribution in [-0.4, -0.2) is 32.5 Å². The molecule has 0 saturated heterocycles. The monoisotopic (exact) mass is 259 g/mol. The Morgan fingerprint density at radius 3 is 3.11 bits per heavy atom. The summed E-state index contributed by atoms with van der Waals surface area (Å²) < 4.78 is 1.85. The van der Waals surface area contributed by atoms with Gasteiger partial charge in [-0.2, -0.15) is 0 Å². The second-order valence-electron chi connectivity index (χ2n) is 5.07. The van der Waals surface area contributed by atoms with Crippen molar-refractivity contribution in [3.8, 4) is 0 Å². The molecule has 2 aromatic heterocycles. The third-order valence-electron chi connectivity index (χ3n) is 3.72. The fraction of sp³-hybridized carbons (Fsp3) is 0.429. The molecule has 0 spiro atoms. The van der Waals surface area contributed by atoms with Gasteiger partial charge in [0, 0.05) is 11.8 Å². The van der Waals surface area contributed by atoms with Gasteiger partial charge in [0.1, 0.15) is 0 Å². The molecule has 100 valence electrons. The molecule has 2 atom stereocenters. The van der Waals surface area contributed by atoms with Crippen molar-refractivity contribution < 1.29 is 9.90 Å². The van der Waals surface area contributed by atoms with Crippen LogP contribution in [0, 0.1) is 0 Å². The topological polar surface area (TPSA) is 66.6 Å². The van der Waals surface area contributed by atoms with E-state index in [1.165, 1.54) is 0 Å². The number of fused-ring (bicyclic) bond motifs is 1. The highest BCUT2D eigenvalue weighted by Gasteiger charge is 2.24. The molecule has 0 aliphatic heterocycles. The molecule has 5 nitrogen and oxygen atoms in total. The highest BCUT2D eigenvalue weighted by molar-refractivity contribution is 5.95. The Kier molecular flexibility index (Phi) is 3.21. The van der Waals surface area contributed by atoms with Crippen LogP contribution in [0.4, 0.5) is 0 Å². The number of carbonyl (C=O) groups is 1. The first-order valence-corrected chi connectivity index (χ1v) is 6.65. The number of aromatic nitrogens is 2. The average Bonchev–Trinajstić information content (AvgIpc) is 2.88. The molecular weight excluding hydrogens is 242 g/mol. The number of hydrogen-bond donors (Lipinski definition) is 2. The maximum atomic E-state index is 12.2. The van der Waals surface area contributed by atoms with Gasteiger partial charge >= 0.3 is 0 Å². The molecule has 1 aliphatic rings. The van der Waals surface area contributed by atoms with Crippen molar-refractivity contribution in [2.24, 2.45) is 0 Å². The van der Waals surface area contributed by atoms with E-state index in [4.69, 9.17) is 0 Å². The predicted octanol–water partition coefficient (Wildman–Crippen LogP) is 1.37. The van der Waals surface area contributed by atoms with E-state index >= 15 is 0 Å². The number of aliphatic hydroxyl groups excluding tert-OH is 1. The maximum Gasteiger partial charge on any atom is 0.251 e. The third kappa shape index (κ3) is 2.46. The zero-order valence-electron chi connectivity index (χ0n) is 10.6. The fourth-order valence-corrected chi connectivity index (χ4v) is 2.59. The standard InChI is InChI=1S/C14H17N3O2/c18-13-4-2-1-3-12(13)16-14(19)10-5-6-17-9-15-8-11(17)7-10/h5-9,12-13,18H,1-4H2,(H,16,19). The van der Waals surface area contributed by atoms with Crippen molar-refractivity contribution in [1.82, 2.24) is 14.7 Å². The van der Waals surface area contributed by atoms with Gasteiger partial charge in [0.2, 0.25) is 0 Å². The lowest BCUT2D eigenvalue weighted by atomic mass is 9.92. The molecule has 2 N–H and O–H groups in total. The molecule has 1 fully saturated rings. The Hall–Kier alpha value is -1.88. The first kappa shape index (κ1) is 12.2. The Morgan fingerprint density at radius 2 is 2.26 bits per heavy atom. The lowest BCUT2D eigenvalue weighted by Crippen LogP contribution is -2.45. The molecule has 1 amide bonds. The first-order valence-electron chi connectivity index (χ1n) is 6.65. The van der Waals surface area contributed by atoms with Crippen molar-refractivity contribution in [3.05, 3.63) is 36.4 Å². The first-order chi connectivity index (χ1) is 9.24. The van der Waals surface area contributed by atoms with Crippen LogP contribution in [0.25, 0.3) is 5.52 Å². The van der Waals surface area contributed by atoms with Crippen molar-refractivity contribution in [2.45, 2.75) is 37.8 Å². The van der Waals surface area contributed by atoms with Crippen LogP contribution in [0.5, 0.6) is 0 Å². The number of carbonyl (C=O) groups excluding carboxylic acids is 1. The van der Waals surface area contributed by atoms with E-state index < -0.39 is 6.10 Å². The maximum absolute atomic E-state index is 12.2. The molecule has 0 radical (unpaired) electrons. The summed E-state index contributed by atoms with van der Waals surface area (Å²) in [4.78, 5) is 16.2. The van der Waals surface area contributed by atoms with Crippen LogP contribution in [0.15, 0.2) is 30.9 Å². The van der Waals surface area contributed by atoms with Crippen LogP contribution in [-0.2, 0) is 0 Å². The van der Waals surface area contributed by atoms with Gasteiger partial charge in [-0.15, -0.1) is 0 Å². The molecule has 5 heteroatoms. The molecule has 0 bridgehead atoms. The summed E-state index contributed by atoms with van der Waals surface area (Å²) in [7, 11) is 0. The van der Waals surface area contributed by atoms with Gasteiger partial charge in [0.15, 0.2) is 0 Å². The number of imidazole rings is 1. The summed E-state index contributed by atoms with van der Waals surface area (Å²) in [5.74, 6) is -0.130. The molecule has 2 aromatic rings. The van der Waals surface area contributed by atoms with E-state index in [-0.39, 0.29) is 11.9 Å². The third-order valence-corrected chi connectivity index (χ3v) is 3.72. The SMILES string of the molecule is O=C(NC1CCCCC1O)c1ccn2cncc2c1. The highest BCUT2D eigenvalue weighted by atomic mass is 16.3. The number of aliphatic hydroxyl groups is 1. The van der Waals surface area contributed by atoms with Gasteiger partial charge in [0.05, 0.1) is 30.2 Å². The number of nitrogens with zero attached hydrogens (tertiary/aromatic N) is 2. The number of amides is 1. The molecule has 2 heterocycles. The second-order valence-corrected chi connectivity index (χ2v) is 5.07. The summed E-state index contributed by atoms with van der Waals surface area (Å²) >= 11 is 0. The quantitative estimate of drug-likeness (QED) is 0.856. The minimum Gasteiger partial charge on any atom is -0.391 e. The summed E-state index contributed by atoms with van der Waals surface area (Å²) in [5, 5.41) is 12.8. The van der Waals surface area contributed by atoms with E-state index in [0.29, 0.717) is 5.56 Å². The van der Waals surface area contributed by atoms with Gasteiger partial charge in [0.25, 0.3) is 5.91 Å². The summed E-state index contributed by atoms with van der Waals surface area (Å²) in [6.45, 7) is 0. The van der Waals surface area contributed by atoms with Gasteiger partial charge in [-0.3, -0.25) is 4.79 Å². The smallest absolute Gasteiger partial charge is 0.251 e. The highest BCUT2D eigenvalue weighted by Crippen LogP contribution is 2.19. The van der Waals surface area contributed by atoms with E-state index in [9.17, 15) is 9.90 Å². The van der Waals surface area contributed by atoms with Crippen LogP contribution in [0.2, 0.25) is 0 Å². The van der Waals surface area contributed by atoms with E-state index in [1.54, 1.807) is 24.7 Å². The molecule has 1 aliphatic carbocycles. The van der Waals surface area contributed by atoms with E-state index in [0.717, 1.165) is 31.2 Å². The van der Waals surface area contributed by atoms with E-state index in [2.05, 4.69) is 10.3 Å². The normalized spacial score (nSPS) is 23.4. The molecular formula is C14H17N3O2. The van der Waals surface area contributed by atoms with Crippen molar-refractivity contribution >= 4 is 11.4 Å².